The van der Waals surface area contributed by atoms with Crippen molar-refractivity contribution >= 4 is 0 Å². The molecule has 0 radical (unpaired) electrons. The van der Waals surface area contributed by atoms with Gasteiger partial charge in [0.05, 0.1) is 11.1 Å². The van der Waals surface area contributed by atoms with E-state index in [1.807, 2.05) is 0 Å². The summed E-state index contributed by atoms with van der Waals surface area (Å²) < 4.78 is 0. The van der Waals surface area contributed by atoms with Crippen LogP contribution in [0.4, 0.5) is 0 Å². The molecule has 0 saturated carbocycles. The normalized spacial score (nSPS) is 10.9. The maximum absolute atomic E-state index is 9.82. The molecule has 0 saturated heterocycles. The molecule has 0 bridgehead atoms. The summed E-state index contributed by atoms with van der Waals surface area (Å²) in [6.45, 7) is 4.55. The van der Waals surface area contributed by atoms with Crippen molar-refractivity contribution in [2.24, 2.45) is 0 Å². The van der Waals surface area contributed by atoms with Crippen LogP contribution in [-0.2, 0) is 12.8 Å². The van der Waals surface area contributed by atoms with Gasteiger partial charge in [-0.3, -0.25) is 0 Å². The number of nitrogens with zero attached hydrogens (tertiary/aromatic N) is 2. The Morgan fingerprint density at radius 2 is 0.632 bits per heavy atom. The lowest BCUT2D eigenvalue weighted by molar-refractivity contribution is 0.543. The maximum Gasteiger partial charge on any atom is 0.101 e. The van der Waals surface area contributed by atoms with Gasteiger partial charge in [0.2, 0.25) is 0 Å². The Morgan fingerprint density at radius 1 is 0.395 bits per heavy atom. The van der Waals surface area contributed by atoms with Crippen molar-refractivity contribution in [1.29, 1.82) is 10.5 Å². The molecule has 1 aromatic carbocycles. The number of benzene rings is 1. The van der Waals surface area contributed by atoms with E-state index in [9.17, 15) is 10.5 Å². The van der Waals surface area contributed by atoms with E-state index >= 15 is 0 Å². The monoisotopic (exact) mass is 520 g/mol. The minimum absolute atomic E-state index is 0.645. The van der Waals surface area contributed by atoms with Gasteiger partial charge in [-0.1, -0.05) is 167 Å². The highest BCUT2D eigenvalue weighted by molar-refractivity contribution is 5.54. The van der Waals surface area contributed by atoms with Crippen LogP contribution >= 0.6 is 0 Å². The number of nitriles is 2. The molecule has 0 spiro atoms. The van der Waals surface area contributed by atoms with Gasteiger partial charge < -0.3 is 0 Å². The number of hydrogen-bond acceptors (Lipinski definition) is 2. The fourth-order valence-electron chi connectivity index (χ4n) is 5.67. The first-order chi connectivity index (χ1) is 18.8. The average molecular weight is 521 g/mol. The molecular weight excluding hydrogens is 460 g/mol. The summed E-state index contributed by atoms with van der Waals surface area (Å²) in [4.78, 5) is 0. The molecule has 0 atom stereocenters. The molecule has 1 aromatic rings. The molecule has 1 rings (SSSR count). The standard InChI is InChI=1S/C36H60N2/c1-3-5-7-9-11-13-15-17-19-21-23-25-27-33-29-30-34(36(32-38)35(33)31-37)28-26-24-22-20-18-16-14-12-10-8-6-4-2/h29-30H,3-28H2,1-2H3. The lowest BCUT2D eigenvalue weighted by Crippen LogP contribution is -2.00. The van der Waals surface area contributed by atoms with Gasteiger partial charge in [0, 0.05) is 0 Å². The number of rotatable bonds is 26. The molecule has 38 heavy (non-hydrogen) atoms. The number of hydrogen-bond donors (Lipinski definition) is 0. The van der Waals surface area contributed by atoms with Crippen molar-refractivity contribution < 1.29 is 0 Å². The highest BCUT2D eigenvalue weighted by atomic mass is 14.3. The summed E-state index contributed by atoms with van der Waals surface area (Å²) in [5, 5.41) is 19.6. The third-order valence-electron chi connectivity index (χ3n) is 8.20. The first-order valence-electron chi connectivity index (χ1n) is 16.7. The van der Waals surface area contributed by atoms with Crippen LogP contribution < -0.4 is 0 Å². The zero-order valence-electron chi connectivity index (χ0n) is 25.4. The third-order valence-corrected chi connectivity index (χ3v) is 8.20. The lowest BCUT2D eigenvalue weighted by atomic mass is 9.91. The van der Waals surface area contributed by atoms with Gasteiger partial charge in [0.25, 0.3) is 0 Å². The Hall–Kier alpha value is -1.80. The number of aryl methyl sites for hydroxylation is 2. The van der Waals surface area contributed by atoms with Crippen LogP contribution in [0.2, 0.25) is 0 Å². The van der Waals surface area contributed by atoms with Gasteiger partial charge in [0.1, 0.15) is 12.1 Å². The van der Waals surface area contributed by atoms with E-state index in [1.165, 1.54) is 141 Å². The van der Waals surface area contributed by atoms with E-state index < -0.39 is 0 Å². The van der Waals surface area contributed by atoms with E-state index in [-0.39, 0.29) is 0 Å². The van der Waals surface area contributed by atoms with Crippen molar-refractivity contribution in [2.75, 3.05) is 0 Å². The Balaban J connectivity index is 2.21. The molecule has 0 aliphatic rings. The highest BCUT2D eigenvalue weighted by Crippen LogP contribution is 2.23. The summed E-state index contributed by atoms with van der Waals surface area (Å²) in [5.74, 6) is 0. The molecule has 0 amide bonds. The van der Waals surface area contributed by atoms with Crippen LogP contribution in [0.3, 0.4) is 0 Å². The van der Waals surface area contributed by atoms with Crippen LogP contribution in [0.25, 0.3) is 0 Å². The largest absolute Gasteiger partial charge is 0.192 e. The second-order valence-electron chi connectivity index (χ2n) is 11.6. The van der Waals surface area contributed by atoms with E-state index in [0.29, 0.717) is 11.1 Å². The predicted octanol–water partition coefficient (Wildman–Crippen LogP) is 11.9. The quantitative estimate of drug-likeness (QED) is 0.114. The Kier molecular flexibility index (Phi) is 22.9. The molecule has 0 unspecified atom stereocenters. The molecule has 0 aliphatic heterocycles. The molecule has 0 heterocycles. The highest BCUT2D eigenvalue weighted by Gasteiger charge is 2.13. The topological polar surface area (TPSA) is 47.6 Å². The molecular formula is C36H60N2. The maximum atomic E-state index is 9.82. The smallest absolute Gasteiger partial charge is 0.101 e. The fourth-order valence-corrected chi connectivity index (χ4v) is 5.67. The van der Waals surface area contributed by atoms with E-state index in [4.69, 9.17) is 0 Å². The van der Waals surface area contributed by atoms with Gasteiger partial charge in [-0.25, -0.2) is 0 Å². The zero-order chi connectivity index (χ0) is 27.5. The Labute approximate surface area is 237 Å². The minimum Gasteiger partial charge on any atom is -0.192 e. The first kappa shape index (κ1) is 34.2. The Bertz CT molecular complexity index is 702. The minimum atomic E-state index is 0.645. The molecule has 2 heteroatoms. The SMILES string of the molecule is CCCCCCCCCCCCCCc1ccc(CCCCCCCCCCCCCC)c(C#N)c1C#N. The van der Waals surface area contributed by atoms with E-state index in [1.54, 1.807) is 0 Å². The second kappa shape index (κ2) is 25.5. The van der Waals surface area contributed by atoms with Crippen molar-refractivity contribution in [3.05, 3.63) is 34.4 Å². The average Bonchev–Trinajstić information content (AvgIpc) is 2.94. The van der Waals surface area contributed by atoms with Crippen LogP contribution in [-0.4, -0.2) is 0 Å². The van der Waals surface area contributed by atoms with Gasteiger partial charge in [-0.2, -0.15) is 10.5 Å². The second-order valence-corrected chi connectivity index (χ2v) is 11.6. The van der Waals surface area contributed by atoms with Gasteiger partial charge in [-0.15, -0.1) is 0 Å². The van der Waals surface area contributed by atoms with Gasteiger partial charge >= 0.3 is 0 Å². The van der Waals surface area contributed by atoms with Crippen LogP contribution in [0.15, 0.2) is 12.1 Å². The van der Waals surface area contributed by atoms with Crippen LogP contribution in [0.1, 0.15) is 190 Å². The molecule has 0 N–H and O–H groups in total. The van der Waals surface area contributed by atoms with Crippen molar-refractivity contribution in [3.8, 4) is 12.1 Å². The molecule has 0 aliphatic carbocycles. The summed E-state index contributed by atoms with van der Waals surface area (Å²) in [6, 6.07) is 9.01. The number of unbranched alkanes of at least 4 members (excludes halogenated alkanes) is 22. The van der Waals surface area contributed by atoms with Crippen molar-refractivity contribution in [3.63, 3.8) is 0 Å². The lowest BCUT2D eigenvalue weighted by Gasteiger charge is -2.11. The van der Waals surface area contributed by atoms with Crippen LogP contribution in [0, 0.1) is 22.7 Å². The molecule has 2 nitrogen and oxygen atoms in total. The van der Waals surface area contributed by atoms with E-state index in [0.717, 1.165) is 36.8 Å². The van der Waals surface area contributed by atoms with Gasteiger partial charge in [-0.05, 0) is 36.8 Å². The zero-order valence-corrected chi connectivity index (χ0v) is 25.4. The van der Waals surface area contributed by atoms with Crippen molar-refractivity contribution in [2.45, 2.75) is 181 Å². The van der Waals surface area contributed by atoms with Crippen LogP contribution in [0.5, 0.6) is 0 Å². The summed E-state index contributed by atoms with van der Waals surface area (Å²) in [5.41, 5.74) is 3.45. The fraction of sp³-hybridized carbons (Fsp3) is 0.778. The first-order valence-corrected chi connectivity index (χ1v) is 16.7. The third kappa shape index (κ3) is 16.9. The molecule has 0 aromatic heterocycles. The molecule has 214 valence electrons. The summed E-state index contributed by atoms with van der Waals surface area (Å²) >= 11 is 0. The summed E-state index contributed by atoms with van der Waals surface area (Å²) in [7, 11) is 0. The molecule has 0 fully saturated rings. The summed E-state index contributed by atoms with van der Waals surface area (Å²) in [6.07, 6.45) is 34.0. The van der Waals surface area contributed by atoms with E-state index in [2.05, 4.69) is 38.1 Å². The predicted molar refractivity (Wildman–Crippen MR) is 165 cm³/mol. The Morgan fingerprint density at radius 3 is 0.868 bits per heavy atom. The van der Waals surface area contributed by atoms with Crippen molar-refractivity contribution in [1.82, 2.24) is 0 Å². The van der Waals surface area contributed by atoms with Gasteiger partial charge in [0.15, 0.2) is 0 Å².